The van der Waals surface area contributed by atoms with Crippen molar-refractivity contribution in [1.29, 1.82) is 0 Å². The molecule has 0 fully saturated rings. The van der Waals surface area contributed by atoms with Crippen LogP contribution in [0.5, 0.6) is 0 Å². The SMILES string of the molecule is CCN(CC(C)(C)O)C(=O)c1cc([N+](=O)[O-])c[nH]1. The quantitative estimate of drug-likeness (QED) is 0.609. The number of hydrogen-bond donors (Lipinski definition) is 2. The highest BCUT2D eigenvalue weighted by molar-refractivity contribution is 5.93. The molecule has 1 aromatic rings. The third kappa shape index (κ3) is 3.56. The van der Waals surface area contributed by atoms with Crippen LogP contribution in [-0.4, -0.2) is 44.5 Å². The minimum absolute atomic E-state index is 0.146. The Morgan fingerprint density at radius 3 is 2.61 bits per heavy atom. The zero-order valence-corrected chi connectivity index (χ0v) is 10.6. The van der Waals surface area contributed by atoms with Gasteiger partial charge in [-0.15, -0.1) is 0 Å². The van der Waals surface area contributed by atoms with E-state index in [2.05, 4.69) is 4.98 Å². The Morgan fingerprint density at radius 1 is 1.61 bits per heavy atom. The van der Waals surface area contributed by atoms with E-state index in [9.17, 15) is 20.0 Å². The van der Waals surface area contributed by atoms with Gasteiger partial charge in [0.05, 0.1) is 16.7 Å². The van der Waals surface area contributed by atoms with E-state index in [4.69, 9.17) is 0 Å². The molecular formula is C11H17N3O4. The molecule has 100 valence electrons. The van der Waals surface area contributed by atoms with Gasteiger partial charge in [0.25, 0.3) is 11.6 Å². The summed E-state index contributed by atoms with van der Waals surface area (Å²) in [6.45, 7) is 5.55. The van der Waals surface area contributed by atoms with Gasteiger partial charge in [-0.1, -0.05) is 0 Å². The molecule has 0 aromatic carbocycles. The molecule has 1 amide bonds. The van der Waals surface area contributed by atoms with Gasteiger partial charge in [0, 0.05) is 19.2 Å². The topological polar surface area (TPSA) is 99.5 Å². The number of amides is 1. The number of aromatic amines is 1. The van der Waals surface area contributed by atoms with Gasteiger partial charge in [-0.3, -0.25) is 14.9 Å². The fourth-order valence-electron chi connectivity index (χ4n) is 1.58. The fourth-order valence-corrected chi connectivity index (χ4v) is 1.58. The number of aliphatic hydroxyl groups is 1. The minimum Gasteiger partial charge on any atom is -0.389 e. The number of nitro groups is 1. The molecule has 1 aromatic heterocycles. The first-order valence-electron chi connectivity index (χ1n) is 5.59. The van der Waals surface area contributed by atoms with Crippen LogP contribution in [-0.2, 0) is 0 Å². The molecule has 7 heteroatoms. The molecule has 18 heavy (non-hydrogen) atoms. The van der Waals surface area contributed by atoms with Crippen LogP contribution >= 0.6 is 0 Å². The minimum atomic E-state index is -1.01. The number of aromatic nitrogens is 1. The summed E-state index contributed by atoms with van der Waals surface area (Å²) in [5, 5.41) is 20.2. The highest BCUT2D eigenvalue weighted by Crippen LogP contribution is 2.15. The zero-order valence-electron chi connectivity index (χ0n) is 10.6. The van der Waals surface area contributed by atoms with E-state index in [1.54, 1.807) is 20.8 Å². The number of nitrogens with zero attached hydrogens (tertiary/aromatic N) is 2. The Hall–Kier alpha value is -1.89. The van der Waals surface area contributed by atoms with Crippen LogP contribution < -0.4 is 0 Å². The van der Waals surface area contributed by atoms with Gasteiger partial charge in [-0.2, -0.15) is 0 Å². The number of rotatable bonds is 5. The maximum absolute atomic E-state index is 12.1. The number of hydrogen-bond acceptors (Lipinski definition) is 4. The van der Waals surface area contributed by atoms with Gasteiger partial charge in [0.2, 0.25) is 0 Å². The number of likely N-dealkylation sites (N-methyl/N-ethyl adjacent to an activating group) is 1. The van der Waals surface area contributed by atoms with Crippen molar-refractivity contribution < 1.29 is 14.8 Å². The predicted molar refractivity (Wildman–Crippen MR) is 65.3 cm³/mol. The van der Waals surface area contributed by atoms with Crippen molar-refractivity contribution >= 4 is 11.6 Å². The van der Waals surface area contributed by atoms with E-state index in [0.29, 0.717) is 6.54 Å². The lowest BCUT2D eigenvalue weighted by atomic mass is 10.1. The van der Waals surface area contributed by atoms with Crippen molar-refractivity contribution in [2.45, 2.75) is 26.4 Å². The molecule has 0 unspecified atom stereocenters. The second-order valence-corrected chi connectivity index (χ2v) is 4.66. The monoisotopic (exact) mass is 255 g/mol. The van der Waals surface area contributed by atoms with Crippen molar-refractivity contribution in [2.24, 2.45) is 0 Å². The molecule has 0 bridgehead atoms. The van der Waals surface area contributed by atoms with Gasteiger partial charge in [-0.05, 0) is 20.8 Å². The molecule has 0 spiro atoms. The van der Waals surface area contributed by atoms with Crippen molar-refractivity contribution in [2.75, 3.05) is 13.1 Å². The van der Waals surface area contributed by atoms with Gasteiger partial charge in [0.1, 0.15) is 5.69 Å². The van der Waals surface area contributed by atoms with Crippen molar-refractivity contribution in [1.82, 2.24) is 9.88 Å². The van der Waals surface area contributed by atoms with Crippen LogP contribution in [0, 0.1) is 10.1 Å². The molecule has 0 aliphatic carbocycles. The Balaban J connectivity index is 2.86. The van der Waals surface area contributed by atoms with Gasteiger partial charge >= 0.3 is 0 Å². The molecule has 0 aliphatic heterocycles. The first kappa shape index (κ1) is 14.2. The molecule has 0 aliphatic rings. The Labute approximate surface area is 105 Å². The second-order valence-electron chi connectivity index (χ2n) is 4.66. The summed E-state index contributed by atoms with van der Waals surface area (Å²) < 4.78 is 0. The van der Waals surface area contributed by atoms with Gasteiger partial charge in [0.15, 0.2) is 0 Å². The number of H-pyrrole nitrogens is 1. The summed E-state index contributed by atoms with van der Waals surface area (Å²) in [5.41, 5.74) is -1.02. The molecular weight excluding hydrogens is 238 g/mol. The molecule has 1 rings (SSSR count). The average Bonchev–Trinajstić information content (AvgIpc) is 2.72. The van der Waals surface area contributed by atoms with E-state index >= 15 is 0 Å². The zero-order chi connectivity index (χ0) is 13.9. The molecule has 2 N–H and O–H groups in total. The largest absolute Gasteiger partial charge is 0.389 e. The molecule has 7 nitrogen and oxygen atoms in total. The van der Waals surface area contributed by atoms with Crippen LogP contribution in [0.4, 0.5) is 5.69 Å². The van der Waals surface area contributed by atoms with E-state index in [0.717, 1.165) is 0 Å². The van der Waals surface area contributed by atoms with Gasteiger partial charge in [-0.25, -0.2) is 0 Å². The highest BCUT2D eigenvalue weighted by atomic mass is 16.6. The number of carbonyl (C=O) groups is 1. The van der Waals surface area contributed by atoms with E-state index in [1.165, 1.54) is 17.2 Å². The van der Waals surface area contributed by atoms with Crippen molar-refractivity contribution in [3.05, 3.63) is 28.1 Å². The number of carbonyl (C=O) groups excluding carboxylic acids is 1. The van der Waals surface area contributed by atoms with Crippen LogP contribution in [0.25, 0.3) is 0 Å². The molecule has 0 atom stereocenters. The highest BCUT2D eigenvalue weighted by Gasteiger charge is 2.24. The summed E-state index contributed by atoms with van der Waals surface area (Å²) >= 11 is 0. The lowest BCUT2D eigenvalue weighted by molar-refractivity contribution is -0.384. The van der Waals surface area contributed by atoms with Crippen molar-refractivity contribution in [3.63, 3.8) is 0 Å². The molecule has 0 radical (unpaired) electrons. The third-order valence-corrected chi connectivity index (χ3v) is 2.36. The lowest BCUT2D eigenvalue weighted by Crippen LogP contribution is -2.42. The fraction of sp³-hybridized carbons (Fsp3) is 0.545. The smallest absolute Gasteiger partial charge is 0.287 e. The molecule has 0 saturated heterocycles. The van der Waals surface area contributed by atoms with Crippen molar-refractivity contribution in [3.8, 4) is 0 Å². The Bertz CT molecular complexity index is 447. The number of nitrogens with one attached hydrogen (secondary N) is 1. The third-order valence-electron chi connectivity index (χ3n) is 2.36. The molecule has 1 heterocycles. The Morgan fingerprint density at radius 2 is 2.22 bits per heavy atom. The second kappa shape index (κ2) is 5.18. The average molecular weight is 255 g/mol. The lowest BCUT2D eigenvalue weighted by Gasteiger charge is -2.27. The Kier molecular flexibility index (Phi) is 4.07. The summed E-state index contributed by atoms with van der Waals surface area (Å²) in [7, 11) is 0. The summed E-state index contributed by atoms with van der Waals surface area (Å²) in [6, 6.07) is 1.19. The predicted octanol–water partition coefficient (Wildman–Crippen LogP) is 1.16. The van der Waals surface area contributed by atoms with Crippen LogP contribution in [0.2, 0.25) is 0 Å². The van der Waals surface area contributed by atoms with E-state index in [-0.39, 0.29) is 23.8 Å². The van der Waals surface area contributed by atoms with Crippen LogP contribution in [0.1, 0.15) is 31.3 Å². The maximum Gasteiger partial charge on any atom is 0.287 e. The first-order chi connectivity index (χ1) is 8.24. The maximum atomic E-state index is 12.1. The van der Waals surface area contributed by atoms with Gasteiger partial charge < -0.3 is 15.0 Å². The summed E-state index contributed by atoms with van der Waals surface area (Å²) in [4.78, 5) is 26.0. The van der Waals surface area contributed by atoms with Crippen LogP contribution in [0.15, 0.2) is 12.3 Å². The first-order valence-corrected chi connectivity index (χ1v) is 5.59. The van der Waals surface area contributed by atoms with E-state index < -0.39 is 10.5 Å². The summed E-state index contributed by atoms with van der Waals surface area (Å²) in [6.07, 6.45) is 1.17. The summed E-state index contributed by atoms with van der Waals surface area (Å²) in [5.74, 6) is -0.368. The van der Waals surface area contributed by atoms with Crippen LogP contribution in [0.3, 0.4) is 0 Å². The van der Waals surface area contributed by atoms with E-state index in [1.807, 2.05) is 0 Å². The normalized spacial score (nSPS) is 11.3. The molecule has 0 saturated carbocycles. The standard InChI is InChI=1S/C11H17N3O4/c1-4-13(7-11(2,3)16)10(15)9-5-8(6-12-9)14(17)18/h5-6,12,16H,4,7H2,1-3H3.